The Balaban J connectivity index is 1.77. The molecule has 1 N–H and O–H groups in total. The van der Waals surface area contributed by atoms with Crippen LogP contribution in [-0.4, -0.2) is 34.7 Å². The van der Waals surface area contributed by atoms with Crippen LogP contribution in [0.15, 0.2) is 42.5 Å². The molecule has 2 aliphatic rings. The van der Waals surface area contributed by atoms with Gasteiger partial charge in [-0.05, 0) is 25.0 Å². The Morgan fingerprint density at radius 2 is 1.77 bits per heavy atom. The zero-order chi connectivity index (χ0) is 15.5. The van der Waals surface area contributed by atoms with Crippen LogP contribution < -0.4 is 5.32 Å². The average molecular weight is 298 g/mol. The van der Waals surface area contributed by atoms with Crippen LogP contribution >= 0.6 is 0 Å². The zero-order valence-electron chi connectivity index (χ0n) is 12.2. The molecule has 0 aromatic heterocycles. The molecule has 3 rings (SSSR count). The highest BCUT2D eigenvalue weighted by Crippen LogP contribution is 2.23. The van der Waals surface area contributed by atoms with E-state index >= 15 is 0 Å². The van der Waals surface area contributed by atoms with Crippen molar-refractivity contribution in [2.45, 2.75) is 37.8 Å². The van der Waals surface area contributed by atoms with E-state index in [1.165, 1.54) is 4.90 Å². The van der Waals surface area contributed by atoms with E-state index in [1.54, 1.807) is 24.3 Å². The molecule has 5 nitrogen and oxygen atoms in total. The number of likely N-dealkylation sites (tertiary alicyclic amines) is 1. The summed E-state index contributed by atoms with van der Waals surface area (Å²) in [7, 11) is 0. The molecular formula is C17H18N2O3. The Morgan fingerprint density at radius 3 is 2.45 bits per heavy atom. The number of rotatable bonds is 3. The van der Waals surface area contributed by atoms with Gasteiger partial charge in [0.25, 0.3) is 5.91 Å². The lowest BCUT2D eigenvalue weighted by molar-refractivity contribution is -0.140. The van der Waals surface area contributed by atoms with Crippen LogP contribution in [0.2, 0.25) is 0 Å². The maximum atomic E-state index is 12.3. The van der Waals surface area contributed by atoms with Gasteiger partial charge < -0.3 is 5.32 Å². The number of benzene rings is 1. The first kappa shape index (κ1) is 14.5. The van der Waals surface area contributed by atoms with Gasteiger partial charge in [-0.15, -0.1) is 0 Å². The van der Waals surface area contributed by atoms with Gasteiger partial charge in [-0.25, -0.2) is 0 Å². The zero-order valence-corrected chi connectivity index (χ0v) is 12.2. The van der Waals surface area contributed by atoms with Crippen molar-refractivity contribution in [2.75, 3.05) is 0 Å². The van der Waals surface area contributed by atoms with E-state index in [0.717, 1.165) is 12.8 Å². The van der Waals surface area contributed by atoms with Gasteiger partial charge in [0.2, 0.25) is 11.8 Å². The summed E-state index contributed by atoms with van der Waals surface area (Å²) >= 11 is 0. The topological polar surface area (TPSA) is 66.5 Å². The Bertz CT molecular complexity index is 608. The van der Waals surface area contributed by atoms with Crippen molar-refractivity contribution in [1.29, 1.82) is 0 Å². The molecular weight excluding hydrogens is 280 g/mol. The van der Waals surface area contributed by atoms with E-state index in [4.69, 9.17) is 0 Å². The summed E-state index contributed by atoms with van der Waals surface area (Å²) in [6, 6.07) is 8.35. The van der Waals surface area contributed by atoms with Gasteiger partial charge in [0.1, 0.15) is 0 Å². The Hall–Kier alpha value is -2.43. The van der Waals surface area contributed by atoms with Crippen molar-refractivity contribution in [1.82, 2.24) is 10.2 Å². The van der Waals surface area contributed by atoms with Crippen LogP contribution in [-0.2, 0) is 9.59 Å². The second-order valence-electron chi connectivity index (χ2n) is 5.60. The molecule has 1 heterocycles. The molecule has 1 aliphatic heterocycles. The van der Waals surface area contributed by atoms with Gasteiger partial charge in [0, 0.05) is 18.4 Å². The Morgan fingerprint density at radius 1 is 1.09 bits per heavy atom. The van der Waals surface area contributed by atoms with E-state index in [0.29, 0.717) is 5.56 Å². The predicted molar refractivity (Wildman–Crippen MR) is 80.9 cm³/mol. The van der Waals surface area contributed by atoms with Crippen molar-refractivity contribution >= 4 is 17.7 Å². The van der Waals surface area contributed by atoms with Crippen molar-refractivity contribution in [2.24, 2.45) is 0 Å². The summed E-state index contributed by atoms with van der Waals surface area (Å²) in [5.41, 5.74) is 0.579. The quantitative estimate of drug-likeness (QED) is 0.681. The second-order valence-corrected chi connectivity index (χ2v) is 5.60. The Kier molecular flexibility index (Phi) is 4.04. The monoisotopic (exact) mass is 298 g/mol. The number of hydrogen-bond acceptors (Lipinski definition) is 3. The summed E-state index contributed by atoms with van der Waals surface area (Å²) < 4.78 is 0. The molecule has 1 aromatic carbocycles. The fraction of sp³-hybridized carbons (Fsp3) is 0.353. The van der Waals surface area contributed by atoms with Crippen molar-refractivity contribution in [3.05, 3.63) is 48.0 Å². The molecule has 2 atom stereocenters. The maximum absolute atomic E-state index is 12.3. The van der Waals surface area contributed by atoms with Gasteiger partial charge in [-0.3, -0.25) is 19.3 Å². The van der Waals surface area contributed by atoms with E-state index in [-0.39, 0.29) is 42.6 Å². The second kappa shape index (κ2) is 6.13. The fourth-order valence-electron chi connectivity index (χ4n) is 3.01. The number of hydrogen-bond donors (Lipinski definition) is 1. The molecule has 22 heavy (non-hydrogen) atoms. The maximum Gasteiger partial charge on any atom is 0.251 e. The molecule has 114 valence electrons. The van der Waals surface area contributed by atoms with Crippen LogP contribution in [0.5, 0.6) is 0 Å². The number of carbonyl (C=O) groups excluding carboxylic acids is 3. The third kappa shape index (κ3) is 2.79. The predicted octanol–water partition coefficient (Wildman–Crippen LogP) is 1.65. The molecule has 1 fully saturated rings. The van der Waals surface area contributed by atoms with E-state index < -0.39 is 0 Å². The molecule has 0 unspecified atom stereocenters. The SMILES string of the molecule is O=C(N[C@H]1CCC=C[C@H]1N1C(=O)CCC1=O)c1ccccc1. The minimum absolute atomic E-state index is 0.152. The normalized spacial score (nSPS) is 24.6. The molecule has 1 aromatic rings. The van der Waals surface area contributed by atoms with Crippen molar-refractivity contribution in [3.8, 4) is 0 Å². The first-order valence-corrected chi connectivity index (χ1v) is 7.54. The third-order valence-electron chi connectivity index (χ3n) is 4.13. The number of allylic oxidation sites excluding steroid dienone is 1. The first-order valence-electron chi connectivity index (χ1n) is 7.54. The largest absolute Gasteiger partial charge is 0.347 e. The number of amides is 3. The van der Waals surface area contributed by atoms with Crippen molar-refractivity contribution in [3.63, 3.8) is 0 Å². The van der Waals surface area contributed by atoms with Gasteiger partial charge >= 0.3 is 0 Å². The van der Waals surface area contributed by atoms with Gasteiger partial charge in [-0.1, -0.05) is 30.4 Å². The van der Waals surface area contributed by atoms with Crippen LogP contribution in [0.1, 0.15) is 36.0 Å². The lowest BCUT2D eigenvalue weighted by Gasteiger charge is -2.34. The molecule has 0 bridgehead atoms. The molecule has 5 heteroatoms. The fourth-order valence-corrected chi connectivity index (χ4v) is 3.01. The first-order chi connectivity index (χ1) is 10.7. The van der Waals surface area contributed by atoms with Gasteiger partial charge in [0.15, 0.2) is 0 Å². The minimum Gasteiger partial charge on any atom is -0.347 e. The van der Waals surface area contributed by atoms with E-state index in [1.807, 2.05) is 18.2 Å². The Labute approximate surface area is 129 Å². The molecule has 0 radical (unpaired) electrons. The highest BCUT2D eigenvalue weighted by atomic mass is 16.2. The molecule has 0 spiro atoms. The van der Waals surface area contributed by atoms with Crippen LogP contribution in [0, 0.1) is 0 Å². The van der Waals surface area contributed by atoms with Crippen LogP contribution in [0.4, 0.5) is 0 Å². The average Bonchev–Trinajstić information content (AvgIpc) is 2.88. The van der Waals surface area contributed by atoms with Gasteiger partial charge in [0.05, 0.1) is 12.1 Å². The molecule has 3 amide bonds. The van der Waals surface area contributed by atoms with Crippen molar-refractivity contribution < 1.29 is 14.4 Å². The van der Waals surface area contributed by atoms with Crippen LogP contribution in [0.3, 0.4) is 0 Å². The number of nitrogens with zero attached hydrogens (tertiary/aromatic N) is 1. The molecule has 0 saturated carbocycles. The number of nitrogens with one attached hydrogen (secondary N) is 1. The lowest BCUT2D eigenvalue weighted by atomic mass is 9.95. The minimum atomic E-state index is -0.371. The summed E-state index contributed by atoms with van der Waals surface area (Å²) in [4.78, 5) is 37.5. The third-order valence-corrected chi connectivity index (χ3v) is 4.13. The summed E-state index contributed by atoms with van der Waals surface area (Å²) in [6.45, 7) is 0. The smallest absolute Gasteiger partial charge is 0.251 e. The summed E-state index contributed by atoms with van der Waals surface area (Å²) in [5.74, 6) is -0.481. The van der Waals surface area contributed by atoms with E-state index in [9.17, 15) is 14.4 Å². The number of carbonyl (C=O) groups is 3. The van der Waals surface area contributed by atoms with E-state index in [2.05, 4.69) is 5.32 Å². The standard InChI is InChI=1S/C17H18N2O3/c20-15-10-11-16(21)19(15)14-9-5-4-8-13(14)18-17(22)12-6-2-1-3-7-12/h1-3,5-7,9,13-14H,4,8,10-11H2,(H,18,22)/t13-,14+/m0/s1. The lowest BCUT2D eigenvalue weighted by Crippen LogP contribution is -2.53. The molecule has 1 saturated heterocycles. The summed E-state index contributed by atoms with van der Waals surface area (Å²) in [5, 5.41) is 2.97. The highest BCUT2D eigenvalue weighted by molar-refractivity contribution is 6.02. The summed E-state index contributed by atoms with van der Waals surface area (Å²) in [6.07, 6.45) is 5.91. The van der Waals surface area contributed by atoms with Gasteiger partial charge in [-0.2, -0.15) is 0 Å². The van der Waals surface area contributed by atoms with Crippen LogP contribution in [0.25, 0.3) is 0 Å². The molecule has 1 aliphatic carbocycles. The number of imide groups is 1. The highest BCUT2D eigenvalue weighted by Gasteiger charge is 2.38.